The lowest BCUT2D eigenvalue weighted by molar-refractivity contribution is -0.342. The van der Waals surface area contributed by atoms with E-state index in [9.17, 15) is 19.5 Å². The first-order valence-electron chi connectivity index (χ1n) is 16.7. The number of rotatable bonds is 8. The van der Waals surface area contributed by atoms with E-state index in [1.165, 1.54) is 0 Å². The van der Waals surface area contributed by atoms with Crippen LogP contribution < -0.4 is 19.3 Å². The van der Waals surface area contributed by atoms with Gasteiger partial charge in [-0.05, 0) is 110 Å². The number of hydrogen-bond acceptors (Lipinski definition) is 7. The molecule has 0 fully saturated rings. The number of ether oxygens (including phenoxy) is 2. The van der Waals surface area contributed by atoms with Gasteiger partial charge in [0.1, 0.15) is 11.5 Å². The van der Waals surface area contributed by atoms with E-state index in [1.807, 2.05) is 109 Å². The Morgan fingerprint density at radius 1 is 0.615 bits per heavy atom. The van der Waals surface area contributed by atoms with Gasteiger partial charge in [0.15, 0.2) is 0 Å². The van der Waals surface area contributed by atoms with Crippen LogP contribution in [-0.2, 0) is 15.5 Å². The van der Waals surface area contributed by atoms with Crippen LogP contribution in [0, 0.1) is 29.6 Å². The molecule has 0 amide bonds. The Morgan fingerprint density at radius 3 is 1.65 bits per heavy atom. The lowest BCUT2D eigenvalue weighted by Crippen LogP contribution is -2.22. The summed E-state index contributed by atoms with van der Waals surface area (Å²) in [7, 11) is -1.90. The first kappa shape index (κ1) is 34.8. The van der Waals surface area contributed by atoms with Crippen molar-refractivity contribution in [1.29, 1.82) is 0 Å². The van der Waals surface area contributed by atoms with Crippen molar-refractivity contribution in [3.05, 3.63) is 143 Å². The molecule has 7 nitrogen and oxygen atoms in total. The van der Waals surface area contributed by atoms with Gasteiger partial charge in [-0.3, -0.25) is 0 Å². The van der Waals surface area contributed by atoms with Crippen molar-refractivity contribution in [2.45, 2.75) is 6.42 Å². The Morgan fingerprint density at radius 2 is 1.13 bits per heavy atom. The Hall–Kier alpha value is -5.63. The van der Waals surface area contributed by atoms with Gasteiger partial charge in [-0.15, -0.1) is 0 Å². The molecular formula is C44H33O7P-2. The normalized spacial score (nSPS) is 11.9. The molecule has 0 saturated heterocycles. The summed E-state index contributed by atoms with van der Waals surface area (Å²) in [6.07, 6.45) is 0.276. The van der Waals surface area contributed by atoms with Gasteiger partial charge in [-0.2, -0.15) is 0 Å². The van der Waals surface area contributed by atoms with Crippen molar-refractivity contribution in [2.75, 3.05) is 27.4 Å². The van der Waals surface area contributed by atoms with E-state index in [4.69, 9.17) is 9.47 Å². The first-order chi connectivity index (χ1) is 25.2. The number of fused-ring (bicyclic) bond motifs is 4. The molecule has 258 valence electrons. The predicted molar refractivity (Wildman–Crippen MR) is 202 cm³/mol. The number of benzene rings is 7. The summed E-state index contributed by atoms with van der Waals surface area (Å²) < 4.78 is 26.6. The number of aliphatic hydroxyl groups excluding tert-OH is 1. The minimum Gasteiger partial charge on any atom is -0.790 e. The summed E-state index contributed by atoms with van der Waals surface area (Å²) in [5.41, 5.74) is 4.21. The molecule has 0 heterocycles. The van der Waals surface area contributed by atoms with Gasteiger partial charge in [0.05, 0.1) is 28.6 Å². The summed E-state index contributed by atoms with van der Waals surface area (Å²) in [4.78, 5) is 22.4. The van der Waals surface area contributed by atoms with Crippen molar-refractivity contribution in [3.8, 4) is 35.2 Å². The maximum absolute atomic E-state index is 11.2. The lowest BCUT2D eigenvalue weighted by atomic mass is 9.89. The van der Waals surface area contributed by atoms with Crippen molar-refractivity contribution in [3.63, 3.8) is 0 Å². The maximum Gasteiger partial charge on any atom is 0.119 e. The predicted octanol–water partition coefficient (Wildman–Crippen LogP) is 7.11. The number of hydrogen-bond donors (Lipinski definition) is 1. The number of phosphoric acid groups is 1. The van der Waals surface area contributed by atoms with Crippen LogP contribution >= 0.6 is 7.82 Å². The van der Waals surface area contributed by atoms with E-state index < -0.39 is 20.3 Å². The lowest BCUT2D eigenvalue weighted by Gasteiger charge is -2.30. The maximum atomic E-state index is 11.2. The zero-order chi connectivity index (χ0) is 36.2. The molecule has 52 heavy (non-hydrogen) atoms. The Bertz CT molecular complexity index is 2650. The van der Waals surface area contributed by atoms with Crippen LogP contribution in [0.25, 0.3) is 43.1 Å². The smallest absolute Gasteiger partial charge is 0.119 e. The van der Waals surface area contributed by atoms with E-state index in [-0.39, 0.29) is 13.0 Å². The highest BCUT2D eigenvalue weighted by atomic mass is 31.2. The first-order valence-corrected chi connectivity index (χ1v) is 18.1. The van der Waals surface area contributed by atoms with Gasteiger partial charge in [0, 0.05) is 34.8 Å². The molecule has 0 bridgehead atoms. The standard InChI is InChI=1S/C44H35O7P/c1-49-35-16-21-37-31(7-5-9-33(37)25-35)14-19-41-39-11-3-4-12-40(39)43(20-15-32-8-6-10-34-26-36(50-2)17-22-38(32)34)44-24-29(13-18-42(41)44)23-30(27-45)28-51-52(46,47)48/h3-13,16-18,21-22,24-26,30,45H,23,27-28H2,1-2H3,(H2,46,47,48)/p-2. The molecule has 0 spiro atoms. The van der Waals surface area contributed by atoms with E-state index in [0.717, 1.165) is 82.4 Å². The summed E-state index contributed by atoms with van der Waals surface area (Å²) in [6.45, 7) is -0.773. The average Bonchev–Trinajstić information content (AvgIpc) is 3.16. The molecule has 8 heteroatoms. The number of methoxy groups -OCH3 is 2. The summed E-state index contributed by atoms with van der Waals surface area (Å²) in [6, 6.07) is 37.9. The van der Waals surface area contributed by atoms with Crippen LogP contribution in [0.15, 0.2) is 115 Å². The van der Waals surface area contributed by atoms with Crippen LogP contribution in [0.4, 0.5) is 0 Å². The fourth-order valence-corrected chi connectivity index (χ4v) is 6.98. The third-order valence-corrected chi connectivity index (χ3v) is 9.62. The zero-order valence-electron chi connectivity index (χ0n) is 28.5. The number of phosphoric ester groups is 1. The van der Waals surface area contributed by atoms with Crippen molar-refractivity contribution >= 4 is 50.9 Å². The quantitative estimate of drug-likeness (QED) is 0.102. The second kappa shape index (κ2) is 14.9. The largest absolute Gasteiger partial charge is 0.790 e. The molecule has 0 aromatic heterocycles. The molecule has 7 aromatic carbocycles. The summed E-state index contributed by atoms with van der Waals surface area (Å²) in [5, 5.41) is 17.7. The SMILES string of the molecule is COc1ccc2c(C#Cc3c4ccccc4c(C#Cc4cccc5cc(OC)ccc45)c4cc(CC(CO)COP(=O)([O-])[O-])ccc34)cccc2c1. The average molecular weight is 705 g/mol. The molecule has 7 aromatic rings. The second-order valence-electron chi connectivity index (χ2n) is 12.5. The van der Waals surface area contributed by atoms with Crippen LogP contribution in [0.2, 0.25) is 0 Å². The topological polar surface area (TPSA) is 111 Å². The molecule has 7 rings (SSSR count). The van der Waals surface area contributed by atoms with Gasteiger partial charge in [-0.1, -0.05) is 84.3 Å². The van der Waals surface area contributed by atoms with Gasteiger partial charge >= 0.3 is 0 Å². The highest BCUT2D eigenvalue weighted by molar-refractivity contribution is 7.43. The molecule has 1 N–H and O–H groups in total. The van der Waals surface area contributed by atoms with Crippen molar-refractivity contribution in [2.24, 2.45) is 5.92 Å². The van der Waals surface area contributed by atoms with Crippen LogP contribution in [0.5, 0.6) is 11.5 Å². The Balaban J connectivity index is 1.43. The number of aliphatic hydroxyl groups is 1. The van der Waals surface area contributed by atoms with Gasteiger partial charge in [0.2, 0.25) is 0 Å². The summed E-state index contributed by atoms with van der Waals surface area (Å²) >= 11 is 0. The molecular weight excluding hydrogens is 671 g/mol. The zero-order valence-corrected chi connectivity index (χ0v) is 29.4. The van der Waals surface area contributed by atoms with E-state index >= 15 is 0 Å². The van der Waals surface area contributed by atoms with Crippen molar-refractivity contribution in [1.82, 2.24) is 0 Å². The molecule has 1 unspecified atom stereocenters. The van der Waals surface area contributed by atoms with Gasteiger partial charge in [0.25, 0.3) is 0 Å². The molecule has 0 aliphatic rings. The van der Waals surface area contributed by atoms with Gasteiger partial charge < -0.3 is 33.5 Å². The Labute approximate surface area is 301 Å². The molecule has 0 radical (unpaired) electrons. The Kier molecular flexibility index (Phi) is 9.99. The van der Waals surface area contributed by atoms with E-state index in [1.54, 1.807) is 14.2 Å². The van der Waals surface area contributed by atoms with E-state index in [2.05, 4.69) is 34.3 Å². The molecule has 0 saturated carbocycles. The van der Waals surface area contributed by atoms with Crippen LogP contribution in [-0.4, -0.2) is 32.5 Å². The third kappa shape index (κ3) is 7.38. The van der Waals surface area contributed by atoms with Gasteiger partial charge in [-0.25, -0.2) is 0 Å². The highest BCUT2D eigenvalue weighted by Crippen LogP contribution is 2.35. The monoisotopic (exact) mass is 704 g/mol. The van der Waals surface area contributed by atoms with Crippen molar-refractivity contribution < 1.29 is 33.5 Å². The minimum absolute atomic E-state index is 0.276. The fourth-order valence-electron chi connectivity index (χ4n) is 6.58. The second-order valence-corrected chi connectivity index (χ2v) is 13.6. The summed E-state index contributed by atoms with van der Waals surface area (Å²) in [5.74, 6) is 14.8. The van der Waals surface area contributed by atoms with Crippen LogP contribution in [0.3, 0.4) is 0 Å². The molecule has 1 atom stereocenters. The third-order valence-electron chi connectivity index (χ3n) is 9.16. The minimum atomic E-state index is -5.19. The molecule has 0 aliphatic carbocycles. The fraction of sp³-hybridized carbons (Fsp3) is 0.136. The van der Waals surface area contributed by atoms with E-state index in [0.29, 0.717) is 0 Å². The van der Waals surface area contributed by atoms with Crippen LogP contribution in [0.1, 0.15) is 27.8 Å². The molecule has 0 aliphatic heterocycles. The highest BCUT2D eigenvalue weighted by Gasteiger charge is 2.16.